The van der Waals surface area contributed by atoms with Gasteiger partial charge in [-0.3, -0.25) is 0 Å². The van der Waals surface area contributed by atoms with E-state index in [4.69, 9.17) is 4.74 Å². The molecule has 0 amide bonds. The Morgan fingerprint density at radius 3 is 2.37 bits per heavy atom. The van der Waals surface area contributed by atoms with Gasteiger partial charge < -0.3 is 9.47 Å². The molecule has 0 unspecified atom stereocenters. The number of halogens is 5. The maximum absolute atomic E-state index is 14.2. The van der Waals surface area contributed by atoms with Crippen molar-refractivity contribution in [3.05, 3.63) is 70.1 Å². The largest absolute Gasteiger partial charge is 0.573 e. The van der Waals surface area contributed by atoms with Crippen LogP contribution in [0.25, 0.3) is 5.69 Å². The van der Waals surface area contributed by atoms with E-state index in [1.807, 2.05) is 0 Å². The lowest BCUT2D eigenvalue weighted by Crippen LogP contribution is -2.34. The van der Waals surface area contributed by atoms with Gasteiger partial charge in [-0.1, -0.05) is 6.07 Å². The molecule has 0 bridgehead atoms. The highest BCUT2D eigenvalue weighted by Gasteiger charge is 2.54. The highest BCUT2D eigenvalue weighted by atomic mass is 19.4. The van der Waals surface area contributed by atoms with Gasteiger partial charge >= 0.3 is 12.1 Å². The minimum atomic E-state index is -4.84. The van der Waals surface area contributed by atoms with Gasteiger partial charge in [0.25, 0.3) is 0 Å². The number of tetrazole rings is 1. The Morgan fingerprint density at radius 1 is 1.13 bits per heavy atom. The van der Waals surface area contributed by atoms with Crippen LogP contribution in [0.15, 0.2) is 47.3 Å². The Kier molecular flexibility index (Phi) is 4.60. The summed E-state index contributed by atoms with van der Waals surface area (Å²) < 4.78 is 75.3. The Bertz CT molecular complexity index is 1140. The lowest BCUT2D eigenvalue weighted by atomic mass is 9.92. The fraction of sp³-hybridized carbons (Fsp3) is 0.278. The number of alkyl halides is 3. The predicted molar refractivity (Wildman–Crippen MR) is 91.0 cm³/mol. The normalized spacial score (nSPS) is 19.5. The average Bonchev–Trinajstić information content (AvgIpc) is 3.37. The third-order valence-corrected chi connectivity index (χ3v) is 4.80. The van der Waals surface area contributed by atoms with Crippen molar-refractivity contribution in [1.29, 1.82) is 0 Å². The molecular weight excluding hydrogens is 415 g/mol. The summed E-state index contributed by atoms with van der Waals surface area (Å²) in [5.74, 6) is -2.03. The first-order chi connectivity index (χ1) is 14.1. The minimum Gasteiger partial charge on any atom is -0.406 e. The molecule has 158 valence electrons. The summed E-state index contributed by atoms with van der Waals surface area (Å²) in [6, 6.07) is 6.70. The van der Waals surface area contributed by atoms with Gasteiger partial charge in [-0.05, 0) is 47.7 Å². The molecule has 0 radical (unpaired) electrons. The zero-order valence-corrected chi connectivity index (χ0v) is 15.2. The van der Waals surface area contributed by atoms with Crippen LogP contribution in [0.3, 0.4) is 0 Å². The lowest BCUT2D eigenvalue weighted by molar-refractivity contribution is -0.274. The summed E-state index contributed by atoms with van der Waals surface area (Å²) in [6.45, 7) is 1.65. The monoisotopic (exact) mass is 428 g/mol. The van der Waals surface area contributed by atoms with Gasteiger partial charge in [0.05, 0.1) is 18.3 Å². The average molecular weight is 428 g/mol. The number of hydrogen-bond acceptors (Lipinski definition) is 5. The summed E-state index contributed by atoms with van der Waals surface area (Å²) in [7, 11) is 0. The van der Waals surface area contributed by atoms with E-state index in [2.05, 4.69) is 15.2 Å². The maximum Gasteiger partial charge on any atom is 0.573 e. The van der Waals surface area contributed by atoms with Gasteiger partial charge in [-0.15, -0.1) is 13.2 Å². The minimum absolute atomic E-state index is 0.0755. The zero-order valence-electron chi connectivity index (χ0n) is 15.2. The fourth-order valence-corrected chi connectivity index (χ4v) is 3.18. The third kappa shape index (κ3) is 3.54. The van der Waals surface area contributed by atoms with Gasteiger partial charge in [-0.25, -0.2) is 13.6 Å². The highest BCUT2D eigenvalue weighted by molar-refractivity contribution is 5.36. The standard InChI is InChI=1S/C18H13F5N4O3/c1-10(17(9-29-17)14-7-2-11(19)8-15(14)20)26-16(28)27(25-24-26)12-3-5-13(6-4-12)30-18(21,22)23/h2-8,10H,9H2,1H3/t10-,17-/m1/s1. The van der Waals surface area contributed by atoms with Crippen LogP contribution in [0.1, 0.15) is 18.5 Å². The van der Waals surface area contributed by atoms with Crippen LogP contribution in [0.4, 0.5) is 22.0 Å². The first kappa shape index (κ1) is 20.0. The molecule has 1 fully saturated rings. The maximum atomic E-state index is 14.2. The van der Waals surface area contributed by atoms with Crippen LogP contribution < -0.4 is 10.4 Å². The van der Waals surface area contributed by atoms with Crippen molar-refractivity contribution < 1.29 is 31.4 Å². The van der Waals surface area contributed by atoms with Gasteiger partial charge in [-0.2, -0.15) is 9.36 Å². The number of rotatable bonds is 5. The molecule has 1 aliphatic heterocycles. The summed E-state index contributed by atoms with van der Waals surface area (Å²) >= 11 is 0. The second kappa shape index (κ2) is 6.90. The van der Waals surface area contributed by atoms with E-state index < -0.39 is 41.1 Å². The van der Waals surface area contributed by atoms with E-state index in [9.17, 15) is 26.7 Å². The molecule has 7 nitrogen and oxygen atoms in total. The Labute approximate surface area is 165 Å². The SMILES string of the molecule is C[C@@H](n1nnn(-c2ccc(OC(F)(F)F)cc2)c1=O)[C@@]1(c2ccc(F)cc2F)CO1. The van der Waals surface area contributed by atoms with E-state index >= 15 is 0 Å². The van der Waals surface area contributed by atoms with E-state index in [0.29, 0.717) is 0 Å². The predicted octanol–water partition coefficient (Wildman–Crippen LogP) is 3.09. The molecular formula is C18H13F5N4O3. The van der Waals surface area contributed by atoms with Crippen LogP contribution in [0.2, 0.25) is 0 Å². The van der Waals surface area contributed by atoms with Crippen LogP contribution in [0.5, 0.6) is 5.75 Å². The van der Waals surface area contributed by atoms with Crippen molar-refractivity contribution in [2.75, 3.05) is 6.61 Å². The first-order valence-electron chi connectivity index (χ1n) is 8.61. The number of ether oxygens (including phenoxy) is 2. The van der Waals surface area contributed by atoms with Crippen molar-refractivity contribution >= 4 is 0 Å². The molecule has 0 saturated carbocycles. The summed E-state index contributed by atoms with van der Waals surface area (Å²) in [5, 5.41) is 7.51. The summed E-state index contributed by atoms with van der Waals surface area (Å²) in [4.78, 5) is 12.7. The topological polar surface area (TPSA) is 74.5 Å². The molecule has 2 heterocycles. The van der Waals surface area contributed by atoms with Gasteiger partial charge in [0, 0.05) is 11.6 Å². The Balaban J connectivity index is 1.63. The lowest BCUT2D eigenvalue weighted by Gasteiger charge is -2.20. The summed E-state index contributed by atoms with van der Waals surface area (Å²) in [6.07, 6.45) is -4.84. The number of hydrogen-bond donors (Lipinski definition) is 0. The second-order valence-electron chi connectivity index (χ2n) is 6.64. The van der Waals surface area contributed by atoms with Crippen molar-refractivity contribution in [2.45, 2.75) is 24.9 Å². The van der Waals surface area contributed by atoms with Gasteiger partial charge in [0.1, 0.15) is 23.0 Å². The van der Waals surface area contributed by atoms with Crippen molar-refractivity contribution in [3.63, 3.8) is 0 Å². The Hall–Kier alpha value is -3.28. The number of nitrogens with zero attached hydrogens (tertiary/aromatic N) is 4. The van der Waals surface area contributed by atoms with Gasteiger partial charge in [0.2, 0.25) is 0 Å². The van der Waals surface area contributed by atoms with E-state index in [0.717, 1.165) is 33.6 Å². The van der Waals surface area contributed by atoms with Crippen molar-refractivity contribution in [1.82, 2.24) is 19.8 Å². The van der Waals surface area contributed by atoms with Crippen LogP contribution in [-0.2, 0) is 10.3 Å². The van der Waals surface area contributed by atoms with Crippen LogP contribution in [-0.4, -0.2) is 32.8 Å². The Morgan fingerprint density at radius 2 is 1.80 bits per heavy atom. The van der Waals surface area contributed by atoms with Crippen molar-refractivity contribution in [2.24, 2.45) is 0 Å². The molecule has 0 aliphatic carbocycles. The summed E-state index contributed by atoms with van der Waals surface area (Å²) in [5.41, 5.74) is -1.71. The quantitative estimate of drug-likeness (QED) is 0.461. The molecule has 1 saturated heterocycles. The van der Waals surface area contributed by atoms with E-state index in [1.54, 1.807) is 6.92 Å². The number of epoxide rings is 1. The molecule has 3 aromatic rings. The van der Waals surface area contributed by atoms with E-state index in [1.165, 1.54) is 18.2 Å². The first-order valence-corrected chi connectivity index (χ1v) is 8.61. The molecule has 0 spiro atoms. The molecule has 1 aliphatic rings. The number of benzene rings is 2. The van der Waals surface area contributed by atoms with Crippen LogP contribution >= 0.6 is 0 Å². The van der Waals surface area contributed by atoms with E-state index in [-0.39, 0.29) is 17.9 Å². The highest BCUT2D eigenvalue weighted by Crippen LogP contribution is 2.48. The smallest absolute Gasteiger partial charge is 0.406 e. The molecule has 4 rings (SSSR count). The molecule has 1 aromatic heterocycles. The zero-order chi connectivity index (χ0) is 21.7. The van der Waals surface area contributed by atoms with Crippen LogP contribution in [0, 0.1) is 11.6 Å². The molecule has 2 aromatic carbocycles. The number of aromatic nitrogens is 4. The fourth-order valence-electron chi connectivity index (χ4n) is 3.18. The molecule has 0 N–H and O–H groups in total. The third-order valence-electron chi connectivity index (χ3n) is 4.80. The molecule has 12 heteroatoms. The molecule has 2 atom stereocenters. The van der Waals surface area contributed by atoms with Gasteiger partial charge in [0.15, 0.2) is 0 Å². The van der Waals surface area contributed by atoms with Crippen molar-refractivity contribution in [3.8, 4) is 11.4 Å². The second-order valence-corrected chi connectivity index (χ2v) is 6.64. The molecule has 30 heavy (non-hydrogen) atoms.